The Morgan fingerprint density at radius 3 is 2.65 bits per heavy atom. The zero-order valence-corrected chi connectivity index (χ0v) is 13.7. The molecule has 4 rings (SSSR count). The Bertz CT molecular complexity index is 1010. The second-order valence-electron chi connectivity index (χ2n) is 6.13. The number of benzene rings is 1. The Morgan fingerprint density at radius 1 is 1.08 bits per heavy atom. The first-order valence-corrected chi connectivity index (χ1v) is 8.16. The molecule has 0 radical (unpaired) electrons. The van der Waals surface area contributed by atoms with Crippen molar-refractivity contribution in [3.8, 4) is 11.5 Å². The molecule has 1 saturated carbocycles. The molecule has 3 aromatic rings. The van der Waals surface area contributed by atoms with E-state index in [0.29, 0.717) is 28.2 Å². The molecule has 7 nitrogen and oxygen atoms in total. The highest BCUT2D eigenvalue weighted by Gasteiger charge is 2.29. The van der Waals surface area contributed by atoms with E-state index in [1.54, 1.807) is 42.6 Å². The molecule has 2 aromatic heterocycles. The number of hydrogen-bond donors (Lipinski definition) is 2. The lowest BCUT2D eigenvalue weighted by Gasteiger charge is -2.09. The Kier molecular flexibility index (Phi) is 3.96. The number of amides is 1. The Hall–Kier alpha value is -3.48. The van der Waals surface area contributed by atoms with Crippen molar-refractivity contribution in [3.63, 3.8) is 0 Å². The number of hydrogen-bond acceptors (Lipinski definition) is 5. The van der Waals surface area contributed by atoms with Gasteiger partial charge in [0.25, 0.3) is 0 Å². The summed E-state index contributed by atoms with van der Waals surface area (Å²) >= 11 is 0. The number of carbonyl (C=O) groups is 2. The molecule has 1 aliphatic carbocycles. The van der Waals surface area contributed by atoms with Crippen LogP contribution in [0.5, 0.6) is 11.5 Å². The van der Waals surface area contributed by atoms with Gasteiger partial charge >= 0.3 is 5.97 Å². The monoisotopic (exact) mass is 349 g/mol. The molecule has 0 atom stereocenters. The van der Waals surface area contributed by atoms with Crippen LogP contribution in [0.4, 0.5) is 5.82 Å². The van der Waals surface area contributed by atoms with Gasteiger partial charge in [-0.05, 0) is 43.2 Å². The van der Waals surface area contributed by atoms with Crippen molar-refractivity contribution >= 4 is 28.6 Å². The van der Waals surface area contributed by atoms with Crippen molar-refractivity contribution in [1.29, 1.82) is 0 Å². The first kappa shape index (κ1) is 16.0. The highest BCUT2D eigenvalue weighted by Crippen LogP contribution is 2.31. The molecule has 0 unspecified atom stereocenters. The second kappa shape index (κ2) is 6.44. The third-order valence-electron chi connectivity index (χ3n) is 4.07. The number of carboxylic acids is 1. The maximum Gasteiger partial charge on any atom is 0.337 e. The van der Waals surface area contributed by atoms with Crippen LogP contribution in [0.25, 0.3) is 10.9 Å². The van der Waals surface area contributed by atoms with Gasteiger partial charge in [-0.2, -0.15) is 0 Å². The number of nitrogens with zero attached hydrogens (tertiary/aromatic N) is 2. The van der Waals surface area contributed by atoms with E-state index in [2.05, 4.69) is 15.3 Å². The second-order valence-corrected chi connectivity index (χ2v) is 6.13. The van der Waals surface area contributed by atoms with E-state index in [4.69, 9.17) is 9.84 Å². The number of aromatic nitrogens is 2. The summed E-state index contributed by atoms with van der Waals surface area (Å²) in [5.74, 6) is 0.539. The van der Waals surface area contributed by atoms with Crippen molar-refractivity contribution in [1.82, 2.24) is 9.97 Å². The fourth-order valence-electron chi connectivity index (χ4n) is 2.54. The molecule has 1 amide bonds. The molecule has 1 fully saturated rings. The number of pyridine rings is 2. The van der Waals surface area contributed by atoms with Crippen molar-refractivity contribution in [2.75, 3.05) is 5.32 Å². The third-order valence-corrected chi connectivity index (χ3v) is 4.07. The van der Waals surface area contributed by atoms with E-state index in [1.807, 2.05) is 0 Å². The first-order chi connectivity index (χ1) is 12.6. The van der Waals surface area contributed by atoms with Crippen LogP contribution in [0.15, 0.2) is 48.8 Å². The van der Waals surface area contributed by atoms with Crippen LogP contribution in [0.2, 0.25) is 0 Å². The topological polar surface area (TPSA) is 101 Å². The summed E-state index contributed by atoms with van der Waals surface area (Å²) in [4.78, 5) is 31.2. The number of aromatic carboxylic acids is 1. The van der Waals surface area contributed by atoms with Crippen LogP contribution in [-0.4, -0.2) is 27.0 Å². The average molecular weight is 349 g/mol. The maximum atomic E-state index is 11.8. The van der Waals surface area contributed by atoms with E-state index in [1.165, 1.54) is 6.20 Å². The van der Waals surface area contributed by atoms with Crippen LogP contribution < -0.4 is 10.1 Å². The van der Waals surface area contributed by atoms with Gasteiger partial charge in [0, 0.05) is 29.8 Å². The predicted molar refractivity (Wildman–Crippen MR) is 94.4 cm³/mol. The van der Waals surface area contributed by atoms with Crippen molar-refractivity contribution < 1.29 is 19.4 Å². The number of anilines is 1. The largest absolute Gasteiger partial charge is 0.478 e. The molecule has 0 spiro atoms. The van der Waals surface area contributed by atoms with Crippen LogP contribution in [0.3, 0.4) is 0 Å². The number of nitrogens with one attached hydrogen (secondary N) is 1. The number of ether oxygens (including phenoxy) is 1. The van der Waals surface area contributed by atoms with Gasteiger partial charge in [-0.1, -0.05) is 0 Å². The summed E-state index contributed by atoms with van der Waals surface area (Å²) in [5.41, 5.74) is 0.790. The fourth-order valence-corrected chi connectivity index (χ4v) is 2.54. The highest BCUT2D eigenvalue weighted by molar-refractivity contribution is 5.93. The normalized spacial score (nSPS) is 13.4. The van der Waals surface area contributed by atoms with Crippen molar-refractivity contribution in [2.45, 2.75) is 12.8 Å². The van der Waals surface area contributed by atoms with E-state index in [-0.39, 0.29) is 17.4 Å². The smallest absolute Gasteiger partial charge is 0.337 e. The van der Waals surface area contributed by atoms with Crippen molar-refractivity contribution in [2.24, 2.45) is 5.92 Å². The number of carbonyl (C=O) groups excluding carboxylic acids is 1. The van der Waals surface area contributed by atoms with Gasteiger partial charge in [-0.3, -0.25) is 9.78 Å². The molecule has 7 heteroatoms. The van der Waals surface area contributed by atoms with Gasteiger partial charge in [-0.15, -0.1) is 0 Å². The zero-order chi connectivity index (χ0) is 18.1. The molecule has 0 bridgehead atoms. The lowest BCUT2D eigenvalue weighted by atomic mass is 10.1. The molecule has 1 aromatic carbocycles. The first-order valence-electron chi connectivity index (χ1n) is 8.16. The van der Waals surface area contributed by atoms with Crippen molar-refractivity contribution in [3.05, 3.63) is 54.4 Å². The van der Waals surface area contributed by atoms with Crippen LogP contribution in [-0.2, 0) is 4.79 Å². The Morgan fingerprint density at radius 2 is 1.88 bits per heavy atom. The molecule has 26 heavy (non-hydrogen) atoms. The number of rotatable bonds is 5. The van der Waals surface area contributed by atoms with Gasteiger partial charge in [0.15, 0.2) is 0 Å². The summed E-state index contributed by atoms with van der Waals surface area (Å²) in [7, 11) is 0. The van der Waals surface area contributed by atoms with Crippen LogP contribution >= 0.6 is 0 Å². The molecular formula is C19H15N3O4. The van der Waals surface area contributed by atoms with E-state index in [0.717, 1.165) is 12.8 Å². The van der Waals surface area contributed by atoms with Crippen LogP contribution in [0.1, 0.15) is 23.2 Å². The molecule has 0 aliphatic heterocycles. The molecule has 2 heterocycles. The quantitative estimate of drug-likeness (QED) is 0.731. The minimum atomic E-state index is -1.03. The Balaban J connectivity index is 1.56. The standard InChI is InChI=1S/C19H15N3O4/c23-18(11-1-2-11)22-17-9-15(5-6-20-17)26-14-3-4-16-12(8-14)7-13(10-21-16)19(24)25/h3-11H,1-2H2,(H,24,25)(H,20,22,23). The van der Waals surface area contributed by atoms with E-state index >= 15 is 0 Å². The van der Waals surface area contributed by atoms with Gasteiger partial charge in [0.1, 0.15) is 17.3 Å². The van der Waals surface area contributed by atoms with E-state index < -0.39 is 5.97 Å². The number of fused-ring (bicyclic) bond motifs is 1. The minimum absolute atomic E-state index is 0.0207. The van der Waals surface area contributed by atoms with Crippen LogP contribution in [0, 0.1) is 5.92 Å². The summed E-state index contributed by atoms with van der Waals surface area (Å²) in [5, 5.41) is 12.5. The molecular weight excluding hydrogens is 334 g/mol. The summed E-state index contributed by atoms with van der Waals surface area (Å²) in [6.07, 6.45) is 4.73. The average Bonchev–Trinajstić information content (AvgIpc) is 3.46. The zero-order valence-electron chi connectivity index (χ0n) is 13.7. The lowest BCUT2D eigenvalue weighted by Crippen LogP contribution is -2.14. The molecule has 1 aliphatic rings. The molecule has 2 N–H and O–H groups in total. The summed E-state index contributed by atoms with van der Waals surface area (Å²) in [6.45, 7) is 0. The molecule has 130 valence electrons. The summed E-state index contributed by atoms with van der Waals surface area (Å²) in [6, 6.07) is 10.1. The van der Waals surface area contributed by atoms with Gasteiger partial charge in [0.2, 0.25) is 5.91 Å². The van der Waals surface area contributed by atoms with E-state index in [9.17, 15) is 9.59 Å². The number of carboxylic acid groups (broad SMARTS) is 1. The van der Waals surface area contributed by atoms with Gasteiger partial charge in [-0.25, -0.2) is 9.78 Å². The molecule has 0 saturated heterocycles. The van der Waals surface area contributed by atoms with Gasteiger partial charge < -0.3 is 15.2 Å². The third kappa shape index (κ3) is 3.46. The lowest BCUT2D eigenvalue weighted by molar-refractivity contribution is -0.117. The highest BCUT2D eigenvalue weighted by atomic mass is 16.5. The maximum absolute atomic E-state index is 11.8. The Labute approximate surface area is 148 Å². The van der Waals surface area contributed by atoms with Gasteiger partial charge in [0.05, 0.1) is 11.1 Å². The SMILES string of the molecule is O=C(O)c1cnc2ccc(Oc3ccnc(NC(=O)C4CC4)c3)cc2c1. The fraction of sp³-hybridized carbons (Fsp3) is 0.158. The minimum Gasteiger partial charge on any atom is -0.478 e. The predicted octanol–water partition coefficient (Wildman–Crippen LogP) is 3.47. The summed E-state index contributed by atoms with van der Waals surface area (Å²) < 4.78 is 5.82.